The predicted molar refractivity (Wildman–Crippen MR) is 89.2 cm³/mol. The maximum absolute atomic E-state index is 12.0. The summed E-state index contributed by atoms with van der Waals surface area (Å²) in [5, 5.41) is 15.3. The predicted octanol–water partition coefficient (Wildman–Crippen LogP) is 2.86. The van der Waals surface area contributed by atoms with E-state index in [2.05, 4.69) is 10.6 Å². The van der Waals surface area contributed by atoms with Gasteiger partial charge < -0.3 is 15.7 Å². The lowest BCUT2D eigenvalue weighted by Crippen LogP contribution is -2.34. The number of hydrogen-bond acceptors (Lipinski definition) is 3. The largest absolute Gasteiger partial charge is 0.508 e. The minimum absolute atomic E-state index is 0.0153. The first-order valence-corrected chi connectivity index (χ1v) is 7.53. The van der Waals surface area contributed by atoms with E-state index in [1.165, 1.54) is 18.2 Å². The Morgan fingerprint density at radius 1 is 0.957 bits per heavy atom. The van der Waals surface area contributed by atoms with E-state index >= 15 is 0 Å². The summed E-state index contributed by atoms with van der Waals surface area (Å²) in [6.45, 7) is 0.463. The van der Waals surface area contributed by atoms with Gasteiger partial charge in [0.25, 0.3) is 11.8 Å². The third-order valence-corrected chi connectivity index (χ3v) is 3.54. The highest BCUT2D eigenvalue weighted by atomic mass is 35.5. The van der Waals surface area contributed by atoms with Gasteiger partial charge >= 0.3 is 0 Å². The van der Waals surface area contributed by atoms with E-state index < -0.39 is 0 Å². The van der Waals surface area contributed by atoms with Crippen molar-refractivity contribution in [3.05, 3.63) is 63.6 Å². The van der Waals surface area contributed by atoms with Crippen LogP contribution in [0.1, 0.15) is 20.7 Å². The summed E-state index contributed by atoms with van der Waals surface area (Å²) in [5.41, 5.74) is 0.618. The highest BCUT2D eigenvalue weighted by Gasteiger charge is 2.11. The molecule has 7 heteroatoms. The van der Waals surface area contributed by atoms with Crippen LogP contribution in [0.4, 0.5) is 0 Å². The Bertz CT molecular complexity index is 735. The minimum atomic E-state index is -0.371. The van der Waals surface area contributed by atoms with Crippen LogP contribution >= 0.6 is 23.2 Å². The van der Waals surface area contributed by atoms with Crippen LogP contribution in [-0.2, 0) is 0 Å². The van der Waals surface area contributed by atoms with Gasteiger partial charge in [-0.2, -0.15) is 0 Å². The molecule has 0 saturated heterocycles. The average Bonchev–Trinajstić information content (AvgIpc) is 2.53. The number of benzene rings is 2. The van der Waals surface area contributed by atoms with E-state index in [0.717, 1.165) is 0 Å². The smallest absolute Gasteiger partial charge is 0.252 e. The Labute approximate surface area is 143 Å². The van der Waals surface area contributed by atoms with Gasteiger partial charge in [-0.25, -0.2) is 0 Å². The van der Waals surface area contributed by atoms with Crippen LogP contribution < -0.4 is 10.6 Å². The molecule has 0 bridgehead atoms. The Balaban J connectivity index is 1.82. The molecule has 0 aliphatic carbocycles. The number of aromatic hydroxyl groups is 1. The SMILES string of the molecule is O=C(NCCNC(=O)c1cc(Cl)ccc1Cl)c1cccc(O)c1. The van der Waals surface area contributed by atoms with Gasteiger partial charge in [0.15, 0.2) is 0 Å². The normalized spacial score (nSPS) is 10.2. The Kier molecular flexibility index (Phi) is 5.84. The number of halogens is 2. The van der Waals surface area contributed by atoms with Crippen LogP contribution in [0.25, 0.3) is 0 Å². The molecule has 0 saturated carbocycles. The molecule has 2 aromatic rings. The first kappa shape index (κ1) is 17.1. The molecule has 23 heavy (non-hydrogen) atoms. The number of amides is 2. The lowest BCUT2D eigenvalue weighted by molar-refractivity contribution is 0.0927. The van der Waals surface area contributed by atoms with Crippen molar-refractivity contribution in [3.8, 4) is 5.75 Å². The Morgan fingerprint density at radius 2 is 1.65 bits per heavy atom. The highest BCUT2D eigenvalue weighted by Crippen LogP contribution is 2.20. The topological polar surface area (TPSA) is 78.4 Å². The highest BCUT2D eigenvalue weighted by molar-refractivity contribution is 6.35. The summed E-state index contributed by atoms with van der Waals surface area (Å²) < 4.78 is 0. The molecule has 0 aliphatic heterocycles. The fourth-order valence-electron chi connectivity index (χ4n) is 1.87. The third kappa shape index (κ3) is 4.87. The standard InChI is InChI=1S/C16H14Cl2N2O3/c17-11-4-5-14(18)13(9-11)16(23)20-7-6-19-15(22)10-2-1-3-12(21)8-10/h1-5,8-9,21H,6-7H2,(H,19,22)(H,20,23). The molecule has 0 fully saturated rings. The summed E-state index contributed by atoms with van der Waals surface area (Å²) in [7, 11) is 0. The zero-order valence-electron chi connectivity index (χ0n) is 12.0. The molecule has 0 atom stereocenters. The van der Waals surface area contributed by atoms with Crippen molar-refractivity contribution in [1.29, 1.82) is 0 Å². The number of phenolic OH excluding ortho intramolecular Hbond substituents is 1. The second-order valence-corrected chi connectivity index (χ2v) is 5.53. The molecule has 0 aromatic heterocycles. The molecule has 0 aliphatic rings. The maximum Gasteiger partial charge on any atom is 0.252 e. The number of carbonyl (C=O) groups is 2. The fraction of sp³-hybridized carbons (Fsp3) is 0.125. The van der Waals surface area contributed by atoms with Crippen LogP contribution in [0.15, 0.2) is 42.5 Å². The summed E-state index contributed by atoms with van der Waals surface area (Å²) in [6.07, 6.45) is 0. The quantitative estimate of drug-likeness (QED) is 0.724. The lowest BCUT2D eigenvalue weighted by atomic mass is 10.2. The third-order valence-electron chi connectivity index (χ3n) is 2.98. The van der Waals surface area contributed by atoms with Gasteiger partial charge in [-0.05, 0) is 36.4 Å². The van der Waals surface area contributed by atoms with Crippen molar-refractivity contribution < 1.29 is 14.7 Å². The number of carbonyl (C=O) groups excluding carboxylic acids is 2. The summed E-state index contributed by atoms with van der Waals surface area (Å²) in [5.74, 6) is -0.693. The average molecular weight is 353 g/mol. The van der Waals surface area contributed by atoms with Crippen LogP contribution in [0.5, 0.6) is 5.75 Å². The molecule has 2 amide bonds. The van der Waals surface area contributed by atoms with E-state index in [4.69, 9.17) is 23.2 Å². The second kappa shape index (κ2) is 7.85. The molecule has 5 nitrogen and oxygen atoms in total. The van der Waals surface area contributed by atoms with Crippen LogP contribution in [0, 0.1) is 0 Å². The van der Waals surface area contributed by atoms with Crippen molar-refractivity contribution in [3.63, 3.8) is 0 Å². The fourth-order valence-corrected chi connectivity index (χ4v) is 2.24. The lowest BCUT2D eigenvalue weighted by Gasteiger charge is -2.08. The number of phenols is 1. The van der Waals surface area contributed by atoms with Crippen molar-refractivity contribution >= 4 is 35.0 Å². The molecule has 3 N–H and O–H groups in total. The number of hydrogen-bond donors (Lipinski definition) is 3. The molecule has 0 heterocycles. The number of rotatable bonds is 5. The zero-order chi connectivity index (χ0) is 16.8. The summed E-state index contributed by atoms with van der Waals surface area (Å²) in [4.78, 5) is 23.8. The molecule has 120 valence electrons. The van der Waals surface area contributed by atoms with E-state index in [1.54, 1.807) is 24.3 Å². The van der Waals surface area contributed by atoms with E-state index in [9.17, 15) is 14.7 Å². The van der Waals surface area contributed by atoms with Gasteiger partial charge in [-0.3, -0.25) is 9.59 Å². The van der Waals surface area contributed by atoms with Crippen molar-refractivity contribution in [2.24, 2.45) is 0 Å². The van der Waals surface area contributed by atoms with Crippen LogP contribution in [0.3, 0.4) is 0 Å². The van der Waals surface area contributed by atoms with Crippen molar-refractivity contribution in [1.82, 2.24) is 10.6 Å². The van der Waals surface area contributed by atoms with Gasteiger partial charge in [0.1, 0.15) is 5.75 Å². The van der Waals surface area contributed by atoms with Gasteiger partial charge in [0.05, 0.1) is 10.6 Å². The summed E-state index contributed by atoms with van der Waals surface area (Å²) in [6, 6.07) is 10.6. The molecular formula is C16H14Cl2N2O3. The second-order valence-electron chi connectivity index (χ2n) is 4.69. The Morgan fingerprint density at radius 3 is 2.35 bits per heavy atom. The number of nitrogens with one attached hydrogen (secondary N) is 2. The molecule has 0 unspecified atom stereocenters. The monoisotopic (exact) mass is 352 g/mol. The van der Waals surface area contributed by atoms with Gasteiger partial charge in [0.2, 0.25) is 0 Å². The van der Waals surface area contributed by atoms with E-state index in [1.807, 2.05) is 0 Å². The molecule has 2 rings (SSSR count). The molecule has 0 radical (unpaired) electrons. The van der Waals surface area contributed by atoms with Crippen molar-refractivity contribution in [2.75, 3.05) is 13.1 Å². The van der Waals surface area contributed by atoms with Gasteiger partial charge in [-0.15, -0.1) is 0 Å². The zero-order valence-corrected chi connectivity index (χ0v) is 13.5. The van der Waals surface area contributed by atoms with E-state index in [-0.39, 0.29) is 36.2 Å². The summed E-state index contributed by atoms with van der Waals surface area (Å²) >= 11 is 11.8. The molecule has 2 aromatic carbocycles. The molecule has 0 spiro atoms. The van der Waals surface area contributed by atoms with Crippen LogP contribution in [0.2, 0.25) is 10.0 Å². The molecular weight excluding hydrogens is 339 g/mol. The first-order valence-electron chi connectivity index (χ1n) is 6.78. The van der Waals surface area contributed by atoms with Crippen LogP contribution in [-0.4, -0.2) is 30.0 Å². The van der Waals surface area contributed by atoms with Gasteiger partial charge in [0, 0.05) is 23.7 Å². The van der Waals surface area contributed by atoms with Crippen molar-refractivity contribution in [2.45, 2.75) is 0 Å². The van der Waals surface area contributed by atoms with E-state index in [0.29, 0.717) is 15.6 Å². The first-order chi connectivity index (χ1) is 11.0. The van der Waals surface area contributed by atoms with Gasteiger partial charge in [-0.1, -0.05) is 29.3 Å². The minimum Gasteiger partial charge on any atom is -0.508 e. The Hall–Kier alpha value is -2.24. The maximum atomic E-state index is 12.0.